The molecular weight excluding hydrogens is 294 g/mol. The lowest BCUT2D eigenvalue weighted by atomic mass is 9.81. The maximum Gasteiger partial charge on any atom is 0.213 e. The molecule has 1 aromatic rings. The molecule has 0 aliphatic heterocycles. The molecule has 2 rings (SSSR count). The molecule has 0 amide bonds. The molecule has 0 fully saturated rings. The highest BCUT2D eigenvalue weighted by molar-refractivity contribution is 5.79. The van der Waals surface area contributed by atoms with E-state index in [1.165, 1.54) is 13.3 Å². The van der Waals surface area contributed by atoms with Gasteiger partial charge in [0.2, 0.25) is 5.88 Å². The SMILES string of the molecule is CCC(C)(O)C1=C(COc2cnc(OC)cc2C=O)CCCC1. The number of aldehydes is 1. The van der Waals surface area contributed by atoms with Crippen LogP contribution < -0.4 is 9.47 Å². The predicted octanol–water partition coefficient (Wildman–Crippen LogP) is 3.31. The summed E-state index contributed by atoms with van der Waals surface area (Å²) in [6.07, 6.45) is 6.94. The summed E-state index contributed by atoms with van der Waals surface area (Å²) < 4.78 is 10.8. The predicted molar refractivity (Wildman–Crippen MR) is 88.1 cm³/mol. The van der Waals surface area contributed by atoms with Crippen LogP contribution in [0.15, 0.2) is 23.4 Å². The molecular formula is C18H25NO4. The second-order valence-corrected chi connectivity index (χ2v) is 6.09. The van der Waals surface area contributed by atoms with Crippen LogP contribution in [0, 0.1) is 0 Å². The highest BCUT2D eigenvalue weighted by atomic mass is 16.5. The van der Waals surface area contributed by atoms with Crippen molar-refractivity contribution < 1.29 is 19.4 Å². The minimum absolute atomic E-state index is 0.375. The molecule has 0 saturated carbocycles. The molecule has 126 valence electrons. The van der Waals surface area contributed by atoms with Gasteiger partial charge in [-0.05, 0) is 50.2 Å². The Labute approximate surface area is 137 Å². The molecule has 0 aromatic carbocycles. The Bertz CT molecular complexity index is 593. The summed E-state index contributed by atoms with van der Waals surface area (Å²) in [6.45, 7) is 4.22. The van der Waals surface area contributed by atoms with E-state index in [1.54, 1.807) is 6.07 Å². The molecule has 0 spiro atoms. The number of aromatic nitrogens is 1. The average molecular weight is 319 g/mol. The van der Waals surface area contributed by atoms with Gasteiger partial charge in [0.05, 0.1) is 24.5 Å². The topological polar surface area (TPSA) is 68.7 Å². The van der Waals surface area contributed by atoms with Crippen molar-refractivity contribution in [1.82, 2.24) is 4.98 Å². The molecule has 1 aliphatic rings. The molecule has 1 N–H and O–H groups in total. The van der Waals surface area contributed by atoms with Gasteiger partial charge in [0, 0.05) is 6.07 Å². The Balaban J connectivity index is 2.20. The Hall–Kier alpha value is -1.88. The zero-order valence-electron chi connectivity index (χ0n) is 14.1. The molecule has 0 radical (unpaired) electrons. The lowest BCUT2D eigenvalue weighted by molar-refractivity contribution is 0.0861. The van der Waals surface area contributed by atoms with Crippen molar-refractivity contribution in [2.24, 2.45) is 0 Å². The highest BCUT2D eigenvalue weighted by Gasteiger charge is 2.28. The van der Waals surface area contributed by atoms with Crippen molar-refractivity contribution in [3.8, 4) is 11.6 Å². The average Bonchev–Trinajstić information content (AvgIpc) is 2.59. The number of ether oxygens (including phenoxy) is 2. The number of carbonyl (C=O) groups is 1. The first-order chi connectivity index (χ1) is 11.0. The molecule has 1 aliphatic carbocycles. The van der Waals surface area contributed by atoms with Crippen molar-refractivity contribution >= 4 is 6.29 Å². The van der Waals surface area contributed by atoms with Crippen LogP contribution in [0.3, 0.4) is 0 Å². The number of pyridine rings is 1. The number of hydrogen-bond acceptors (Lipinski definition) is 5. The number of hydrogen-bond donors (Lipinski definition) is 1. The van der Waals surface area contributed by atoms with Crippen molar-refractivity contribution in [3.63, 3.8) is 0 Å². The summed E-state index contributed by atoms with van der Waals surface area (Å²) in [4.78, 5) is 15.3. The van der Waals surface area contributed by atoms with E-state index in [9.17, 15) is 9.90 Å². The number of nitrogens with zero attached hydrogens (tertiary/aromatic N) is 1. The van der Waals surface area contributed by atoms with Crippen LogP contribution in [-0.2, 0) is 0 Å². The van der Waals surface area contributed by atoms with Crippen molar-refractivity contribution in [3.05, 3.63) is 29.0 Å². The maximum absolute atomic E-state index is 11.2. The van der Waals surface area contributed by atoms with E-state index in [0.717, 1.165) is 43.1 Å². The lowest BCUT2D eigenvalue weighted by Crippen LogP contribution is -2.29. The third-order valence-corrected chi connectivity index (χ3v) is 4.53. The molecule has 1 unspecified atom stereocenters. The molecule has 5 heteroatoms. The molecule has 23 heavy (non-hydrogen) atoms. The second-order valence-electron chi connectivity index (χ2n) is 6.09. The Kier molecular flexibility index (Phi) is 5.77. The first-order valence-electron chi connectivity index (χ1n) is 8.07. The highest BCUT2D eigenvalue weighted by Crippen LogP contribution is 2.34. The molecule has 1 atom stereocenters. The monoisotopic (exact) mass is 319 g/mol. The van der Waals surface area contributed by atoms with Gasteiger partial charge in [0.1, 0.15) is 12.4 Å². The fourth-order valence-corrected chi connectivity index (χ4v) is 2.92. The van der Waals surface area contributed by atoms with E-state index < -0.39 is 5.60 Å². The van der Waals surface area contributed by atoms with E-state index in [-0.39, 0.29) is 0 Å². The maximum atomic E-state index is 11.2. The largest absolute Gasteiger partial charge is 0.487 e. The fourth-order valence-electron chi connectivity index (χ4n) is 2.92. The van der Waals surface area contributed by atoms with Crippen molar-refractivity contribution in [2.45, 2.75) is 51.6 Å². The number of carbonyl (C=O) groups excluding carboxylic acids is 1. The quantitative estimate of drug-likeness (QED) is 0.617. The molecule has 0 bridgehead atoms. The minimum Gasteiger partial charge on any atom is -0.487 e. The molecule has 1 aromatic heterocycles. The summed E-state index contributed by atoms with van der Waals surface area (Å²) >= 11 is 0. The van der Waals surface area contributed by atoms with E-state index in [0.29, 0.717) is 30.2 Å². The van der Waals surface area contributed by atoms with Gasteiger partial charge in [0.25, 0.3) is 0 Å². The number of rotatable bonds is 7. The van der Waals surface area contributed by atoms with Gasteiger partial charge in [-0.2, -0.15) is 0 Å². The van der Waals surface area contributed by atoms with Crippen LogP contribution in [0.1, 0.15) is 56.3 Å². The third kappa shape index (κ3) is 4.10. The summed E-state index contributed by atoms with van der Waals surface area (Å²) in [5.41, 5.74) is 1.85. The zero-order chi connectivity index (χ0) is 16.9. The third-order valence-electron chi connectivity index (χ3n) is 4.53. The summed E-state index contributed by atoms with van der Waals surface area (Å²) in [5.74, 6) is 0.820. The van der Waals surface area contributed by atoms with Crippen LogP contribution in [0.25, 0.3) is 0 Å². The smallest absolute Gasteiger partial charge is 0.213 e. The first kappa shape index (κ1) is 17.5. The molecule has 0 saturated heterocycles. The van der Waals surface area contributed by atoms with E-state index in [1.807, 2.05) is 13.8 Å². The second kappa shape index (κ2) is 7.59. The van der Waals surface area contributed by atoms with Crippen LogP contribution in [0.4, 0.5) is 0 Å². The van der Waals surface area contributed by atoms with E-state index in [4.69, 9.17) is 9.47 Å². The van der Waals surface area contributed by atoms with Gasteiger partial charge in [-0.25, -0.2) is 4.98 Å². The zero-order valence-corrected chi connectivity index (χ0v) is 14.1. The lowest BCUT2D eigenvalue weighted by Gasteiger charge is -2.31. The Morgan fingerprint density at radius 2 is 2.13 bits per heavy atom. The summed E-state index contributed by atoms with van der Waals surface area (Å²) in [7, 11) is 1.50. The van der Waals surface area contributed by atoms with Crippen LogP contribution >= 0.6 is 0 Å². The first-order valence-corrected chi connectivity index (χ1v) is 8.07. The Morgan fingerprint density at radius 3 is 2.78 bits per heavy atom. The normalized spacial score (nSPS) is 17.6. The molecule has 5 nitrogen and oxygen atoms in total. The van der Waals surface area contributed by atoms with Crippen LogP contribution in [0.5, 0.6) is 11.6 Å². The van der Waals surface area contributed by atoms with Gasteiger partial charge in [-0.1, -0.05) is 6.92 Å². The van der Waals surface area contributed by atoms with E-state index in [2.05, 4.69) is 4.98 Å². The van der Waals surface area contributed by atoms with Crippen LogP contribution in [0.2, 0.25) is 0 Å². The van der Waals surface area contributed by atoms with Gasteiger partial charge in [-0.3, -0.25) is 4.79 Å². The van der Waals surface area contributed by atoms with Gasteiger partial charge < -0.3 is 14.6 Å². The molecule has 1 heterocycles. The standard InChI is InChI=1S/C18H25NO4/c1-4-18(2,21)15-8-6-5-7-13(15)12-23-16-10-19-17(22-3)9-14(16)11-20/h9-11,21H,4-8,12H2,1-3H3. The minimum atomic E-state index is -0.787. The van der Waals surface area contributed by atoms with Crippen molar-refractivity contribution in [1.29, 1.82) is 0 Å². The number of methoxy groups -OCH3 is 1. The van der Waals surface area contributed by atoms with Crippen molar-refractivity contribution in [2.75, 3.05) is 13.7 Å². The fraction of sp³-hybridized carbons (Fsp3) is 0.556. The van der Waals surface area contributed by atoms with Gasteiger partial charge >= 0.3 is 0 Å². The summed E-state index contributed by atoms with van der Waals surface area (Å²) in [6, 6.07) is 1.56. The number of aliphatic hydroxyl groups is 1. The Morgan fingerprint density at radius 1 is 1.39 bits per heavy atom. The summed E-state index contributed by atoms with van der Waals surface area (Å²) in [5, 5.41) is 10.6. The van der Waals surface area contributed by atoms with Gasteiger partial charge in [0.15, 0.2) is 6.29 Å². The van der Waals surface area contributed by atoms with Gasteiger partial charge in [-0.15, -0.1) is 0 Å². The van der Waals surface area contributed by atoms with E-state index >= 15 is 0 Å². The van der Waals surface area contributed by atoms with Crippen LogP contribution in [-0.4, -0.2) is 35.7 Å².